The molecule has 7 rings (SSSR count). The Morgan fingerprint density at radius 2 is 1.94 bits per heavy atom. The molecule has 3 aliphatic heterocycles. The number of nitrogens with zero attached hydrogens (tertiary/aromatic N) is 6. The molecule has 1 amide bonds. The molecule has 2 fully saturated rings. The molecule has 5 heterocycles. The lowest BCUT2D eigenvalue weighted by Crippen LogP contribution is -2.48. The zero-order valence-electron chi connectivity index (χ0n) is 25.1. The second kappa shape index (κ2) is 11.1. The number of halogens is 7. The molecular weight excluding hydrogens is 656 g/mol. The maximum atomic E-state index is 15.1. The van der Waals surface area contributed by atoms with Gasteiger partial charge in [-0.25, -0.2) is 13.2 Å². The number of hydrogen-bond acceptors (Lipinski definition) is 8. The minimum absolute atomic E-state index is 0.0461. The molecule has 1 spiro atoms. The largest absolute Gasteiger partial charge is 0.467 e. The van der Waals surface area contributed by atoms with Gasteiger partial charge in [-0.15, -0.1) is 0 Å². The normalized spacial score (nSPS) is 21.7. The molecular formula is C30H30ClF6N7O3. The van der Waals surface area contributed by atoms with Crippen LogP contribution in [0.15, 0.2) is 12.1 Å². The van der Waals surface area contributed by atoms with Crippen LogP contribution in [-0.2, 0) is 37.0 Å². The van der Waals surface area contributed by atoms with Gasteiger partial charge in [0.25, 0.3) is 5.91 Å². The number of carbonyl (C=O) groups is 1. The van der Waals surface area contributed by atoms with Crippen molar-refractivity contribution >= 4 is 29.0 Å². The minimum atomic E-state index is -4.85. The average molecular weight is 686 g/mol. The third kappa shape index (κ3) is 5.52. The highest BCUT2D eigenvalue weighted by molar-refractivity contribution is 6.34. The smallest absolute Gasteiger partial charge is 0.416 e. The fourth-order valence-corrected chi connectivity index (χ4v) is 7.61. The van der Waals surface area contributed by atoms with Crippen molar-refractivity contribution in [2.75, 3.05) is 37.4 Å². The summed E-state index contributed by atoms with van der Waals surface area (Å²) in [5, 5.41) is 4.65. The van der Waals surface area contributed by atoms with Gasteiger partial charge >= 0.3 is 12.2 Å². The zero-order valence-corrected chi connectivity index (χ0v) is 25.9. The van der Waals surface area contributed by atoms with Gasteiger partial charge in [-0.05, 0) is 25.0 Å². The first-order chi connectivity index (χ1) is 22.2. The molecule has 17 heteroatoms. The number of likely N-dealkylation sites (tertiary alicyclic amines) is 1. The second-order valence-corrected chi connectivity index (χ2v) is 13.1. The number of methoxy groups -OCH3 is 1. The molecule has 1 aliphatic carbocycles. The summed E-state index contributed by atoms with van der Waals surface area (Å²) in [7, 11) is 1.35. The average Bonchev–Trinajstić information content (AvgIpc) is 3.48. The Labute approximate surface area is 269 Å². The second-order valence-electron chi connectivity index (χ2n) is 12.7. The van der Waals surface area contributed by atoms with E-state index in [2.05, 4.69) is 15.1 Å². The van der Waals surface area contributed by atoms with E-state index in [9.17, 15) is 26.7 Å². The van der Waals surface area contributed by atoms with Gasteiger partial charge in [0.1, 0.15) is 5.82 Å². The van der Waals surface area contributed by atoms with Crippen molar-refractivity contribution in [1.29, 1.82) is 0 Å². The molecule has 4 aliphatic rings. The maximum Gasteiger partial charge on any atom is 0.416 e. The van der Waals surface area contributed by atoms with E-state index < -0.39 is 52.2 Å². The number of nitrogen functional groups attached to an aromatic ring is 1. The number of benzene rings is 1. The van der Waals surface area contributed by atoms with Crippen LogP contribution in [0.2, 0.25) is 5.02 Å². The lowest BCUT2D eigenvalue weighted by atomic mass is 9.65. The summed E-state index contributed by atoms with van der Waals surface area (Å²) in [4.78, 5) is 25.8. The zero-order chi connectivity index (χ0) is 33.5. The quantitative estimate of drug-likeness (QED) is 0.281. The molecule has 0 radical (unpaired) electrons. The van der Waals surface area contributed by atoms with E-state index >= 15 is 4.39 Å². The Morgan fingerprint density at radius 1 is 1.17 bits per heavy atom. The van der Waals surface area contributed by atoms with Crippen LogP contribution in [0.5, 0.6) is 6.01 Å². The first-order valence-electron chi connectivity index (χ1n) is 15.1. The summed E-state index contributed by atoms with van der Waals surface area (Å²) in [6, 6.07) is 1.55. The summed E-state index contributed by atoms with van der Waals surface area (Å²) >= 11 is 6.78. The fraction of sp³-hybridized carbons (Fsp3) is 0.533. The number of alkyl halides is 5. The number of rotatable bonds is 4. The number of amides is 1. The first kappa shape index (κ1) is 31.8. The summed E-state index contributed by atoms with van der Waals surface area (Å²) < 4.78 is 96.8. The monoisotopic (exact) mass is 685 g/mol. The standard InChI is InChI=1S/C30H30ClF6N7O3/c1-46-27-39-18-9-20(21-16(30(35,36)37)3-4-17(38)23(21)32)47-11-15(18)25(40-27)42-6-2-7-44-19(10-42)22(31)24(41-44)26(45)43-8-5-28(14-43)12-29(33,34)13-28/h3-4,20H,2,5-14,38H2,1H3. The Hall–Kier alpha value is -3.79. The summed E-state index contributed by atoms with van der Waals surface area (Å²) in [5.74, 6) is -3.93. The van der Waals surface area contributed by atoms with Gasteiger partial charge < -0.3 is 25.0 Å². The lowest BCUT2D eigenvalue weighted by Gasteiger charge is -2.44. The van der Waals surface area contributed by atoms with Crippen molar-refractivity contribution in [1.82, 2.24) is 24.6 Å². The summed E-state index contributed by atoms with van der Waals surface area (Å²) in [6.07, 6.45) is -5.80. The van der Waals surface area contributed by atoms with E-state index in [0.29, 0.717) is 55.2 Å². The third-order valence-corrected chi connectivity index (χ3v) is 9.90. The van der Waals surface area contributed by atoms with Gasteiger partial charge in [-0.1, -0.05) is 11.6 Å². The molecule has 1 saturated carbocycles. The molecule has 47 heavy (non-hydrogen) atoms. The van der Waals surface area contributed by atoms with Crippen LogP contribution in [0.25, 0.3) is 0 Å². The Bertz CT molecular complexity index is 1760. The fourth-order valence-electron chi connectivity index (χ4n) is 7.33. The summed E-state index contributed by atoms with van der Waals surface area (Å²) in [5.41, 5.74) is 4.14. The van der Waals surface area contributed by atoms with Crippen LogP contribution in [0.4, 0.5) is 37.8 Å². The Balaban J connectivity index is 1.17. The predicted octanol–water partition coefficient (Wildman–Crippen LogP) is 5.56. The Morgan fingerprint density at radius 3 is 2.64 bits per heavy atom. The Kier molecular flexibility index (Phi) is 7.54. The summed E-state index contributed by atoms with van der Waals surface area (Å²) in [6.45, 7) is 1.39. The lowest BCUT2D eigenvalue weighted by molar-refractivity contribution is -0.154. The van der Waals surface area contributed by atoms with Gasteiger partial charge in [0.15, 0.2) is 11.5 Å². The highest BCUT2D eigenvalue weighted by Crippen LogP contribution is 2.56. The molecule has 1 aromatic carbocycles. The van der Waals surface area contributed by atoms with Crippen LogP contribution in [0.3, 0.4) is 0 Å². The van der Waals surface area contributed by atoms with E-state index in [4.69, 9.17) is 26.8 Å². The van der Waals surface area contributed by atoms with Gasteiger partial charge in [0.2, 0.25) is 5.92 Å². The number of aromatic nitrogens is 4. The number of ether oxygens (including phenoxy) is 2. The van der Waals surface area contributed by atoms with Crippen LogP contribution >= 0.6 is 11.6 Å². The maximum absolute atomic E-state index is 15.1. The molecule has 1 saturated heterocycles. The van der Waals surface area contributed by atoms with Gasteiger partial charge in [-0.2, -0.15) is 28.2 Å². The van der Waals surface area contributed by atoms with Crippen molar-refractivity contribution in [3.8, 4) is 6.01 Å². The van der Waals surface area contributed by atoms with Crippen molar-refractivity contribution in [2.45, 2.75) is 70.0 Å². The molecule has 0 bridgehead atoms. The molecule has 10 nitrogen and oxygen atoms in total. The van der Waals surface area contributed by atoms with Crippen molar-refractivity contribution in [3.63, 3.8) is 0 Å². The van der Waals surface area contributed by atoms with Gasteiger partial charge in [0, 0.05) is 62.0 Å². The van der Waals surface area contributed by atoms with Crippen LogP contribution in [0, 0.1) is 11.2 Å². The van der Waals surface area contributed by atoms with Crippen LogP contribution in [-0.4, -0.2) is 63.2 Å². The van der Waals surface area contributed by atoms with E-state index in [1.165, 1.54) is 12.0 Å². The predicted molar refractivity (Wildman–Crippen MR) is 156 cm³/mol. The number of carbonyl (C=O) groups excluding carboxylic acids is 1. The van der Waals surface area contributed by atoms with Crippen LogP contribution < -0.4 is 15.4 Å². The van der Waals surface area contributed by atoms with E-state index in [0.717, 1.165) is 12.1 Å². The van der Waals surface area contributed by atoms with Crippen molar-refractivity contribution in [3.05, 3.63) is 56.7 Å². The van der Waals surface area contributed by atoms with E-state index in [-0.39, 0.29) is 55.7 Å². The van der Waals surface area contributed by atoms with Crippen molar-refractivity contribution in [2.24, 2.45) is 5.41 Å². The first-order valence-corrected chi connectivity index (χ1v) is 15.4. The molecule has 3 aromatic rings. The number of aryl methyl sites for hydroxylation is 1. The molecule has 2 N–H and O–H groups in total. The topological polar surface area (TPSA) is 112 Å². The molecule has 1 atom stereocenters. The van der Waals surface area contributed by atoms with Gasteiger partial charge in [-0.3, -0.25) is 9.48 Å². The number of hydrogen-bond donors (Lipinski definition) is 1. The van der Waals surface area contributed by atoms with Crippen LogP contribution in [0.1, 0.15) is 70.4 Å². The van der Waals surface area contributed by atoms with Gasteiger partial charge in [0.05, 0.1) is 54.0 Å². The molecule has 2 aromatic heterocycles. The number of nitrogens with two attached hydrogens (primary N) is 1. The SMILES string of the molecule is COc1nc2c(c(N3CCCn4nc(C(=O)N5CCC6(C5)CC(F)(F)C6)c(Cl)c4C3)n1)COC(c1c(C(F)(F)F)ccc(N)c1F)C2. The van der Waals surface area contributed by atoms with E-state index in [1.807, 2.05) is 4.90 Å². The third-order valence-electron chi connectivity index (χ3n) is 9.50. The van der Waals surface area contributed by atoms with Crippen molar-refractivity contribution < 1.29 is 40.6 Å². The molecule has 1 unspecified atom stereocenters. The highest BCUT2D eigenvalue weighted by atomic mass is 35.5. The van der Waals surface area contributed by atoms with E-state index in [1.54, 1.807) is 4.68 Å². The molecule has 252 valence electrons. The number of fused-ring (bicyclic) bond motifs is 2. The minimum Gasteiger partial charge on any atom is -0.467 e. The number of anilines is 2. The highest BCUT2D eigenvalue weighted by Gasteiger charge is 2.59.